The molecule has 0 saturated carbocycles. The number of hydrogen-bond donors (Lipinski definition) is 2. The van der Waals surface area contributed by atoms with E-state index in [9.17, 15) is 14.0 Å². The highest BCUT2D eigenvalue weighted by Gasteiger charge is 2.32. The van der Waals surface area contributed by atoms with E-state index in [1.54, 1.807) is 12.1 Å². The number of hydrogen-bond acceptors (Lipinski definition) is 6. The monoisotopic (exact) mass is 385 g/mol. The lowest BCUT2D eigenvalue weighted by molar-refractivity contribution is -0.131. The van der Waals surface area contributed by atoms with Gasteiger partial charge in [-0.1, -0.05) is 0 Å². The maximum Gasteiger partial charge on any atom is 0.414 e. The Morgan fingerprint density at radius 1 is 1.38 bits per heavy atom. The first kappa shape index (κ1) is 18.7. The van der Waals surface area contributed by atoms with Crippen LogP contribution in [-0.4, -0.2) is 68.3 Å². The summed E-state index contributed by atoms with van der Waals surface area (Å²) < 4.78 is 19.8. The number of ether oxygens (including phenoxy) is 1. The van der Waals surface area contributed by atoms with Crippen molar-refractivity contribution in [3.8, 4) is 0 Å². The van der Waals surface area contributed by atoms with Crippen molar-refractivity contribution >= 4 is 35.0 Å². The molecule has 0 spiro atoms. The number of amides is 2. The average Bonchev–Trinajstić information content (AvgIpc) is 2.86. The number of carbonyl (C=O) groups excluding carboxylic acids is 2. The first-order valence-electron chi connectivity index (χ1n) is 8.36. The van der Waals surface area contributed by atoms with Crippen LogP contribution in [0.2, 0.25) is 0 Å². The summed E-state index contributed by atoms with van der Waals surface area (Å²) in [5.74, 6) is -0.763. The van der Waals surface area contributed by atoms with Crippen molar-refractivity contribution in [3.63, 3.8) is 0 Å². The number of benzene rings is 1. The molecule has 0 aromatic heterocycles. The highest BCUT2D eigenvalue weighted by molar-refractivity contribution is 6.27. The Labute approximate surface area is 155 Å². The van der Waals surface area contributed by atoms with E-state index in [4.69, 9.17) is 22.1 Å². The molecule has 1 aromatic rings. The molecule has 2 fully saturated rings. The fourth-order valence-corrected chi connectivity index (χ4v) is 3.18. The Morgan fingerprint density at radius 2 is 2.19 bits per heavy atom. The molecule has 0 bridgehead atoms. The van der Waals surface area contributed by atoms with Crippen LogP contribution in [0.1, 0.15) is 0 Å². The number of nitrogens with two attached hydrogens (primary N) is 1. The fourth-order valence-electron chi connectivity index (χ4n) is 3.03. The second-order valence-corrected chi connectivity index (χ2v) is 6.33. The SMILES string of the molecule is NC[C@H]1CN(c2ccc(N3CCNN(C(=O)CCl)CC3)c(F)c2)C(=O)O1. The Hall–Kier alpha value is -2.10. The summed E-state index contributed by atoms with van der Waals surface area (Å²) in [6.07, 6.45) is -0.908. The van der Waals surface area contributed by atoms with Crippen LogP contribution >= 0.6 is 11.6 Å². The summed E-state index contributed by atoms with van der Waals surface area (Å²) in [5.41, 5.74) is 9.34. The van der Waals surface area contributed by atoms with Crippen molar-refractivity contribution in [2.24, 2.45) is 5.73 Å². The van der Waals surface area contributed by atoms with Gasteiger partial charge < -0.3 is 15.4 Å². The summed E-state index contributed by atoms with van der Waals surface area (Å²) in [7, 11) is 0. The molecule has 0 aliphatic carbocycles. The number of alkyl halides is 1. The number of halogens is 2. The predicted octanol–water partition coefficient (Wildman–Crippen LogP) is 0.502. The number of rotatable bonds is 4. The second kappa shape index (κ2) is 8.07. The molecule has 8 nitrogen and oxygen atoms in total. The number of anilines is 2. The fraction of sp³-hybridized carbons (Fsp3) is 0.500. The number of nitrogens with zero attached hydrogens (tertiary/aromatic N) is 3. The van der Waals surface area contributed by atoms with E-state index in [2.05, 4.69) is 5.43 Å². The smallest absolute Gasteiger partial charge is 0.414 e. The van der Waals surface area contributed by atoms with Gasteiger partial charge >= 0.3 is 6.09 Å². The van der Waals surface area contributed by atoms with Crippen LogP contribution in [0.15, 0.2) is 18.2 Å². The molecule has 2 aliphatic heterocycles. The van der Waals surface area contributed by atoms with E-state index in [0.717, 1.165) is 0 Å². The van der Waals surface area contributed by atoms with E-state index >= 15 is 0 Å². The molecular weight excluding hydrogens is 365 g/mol. The van der Waals surface area contributed by atoms with E-state index in [-0.39, 0.29) is 24.4 Å². The molecule has 26 heavy (non-hydrogen) atoms. The summed E-state index contributed by atoms with van der Waals surface area (Å²) in [5, 5.41) is 1.45. The van der Waals surface area contributed by atoms with Crippen LogP contribution < -0.4 is 21.0 Å². The predicted molar refractivity (Wildman–Crippen MR) is 95.7 cm³/mol. The van der Waals surface area contributed by atoms with Crippen molar-refractivity contribution in [1.82, 2.24) is 10.4 Å². The van der Waals surface area contributed by atoms with E-state index in [0.29, 0.717) is 44.1 Å². The van der Waals surface area contributed by atoms with Gasteiger partial charge in [-0.3, -0.25) is 14.7 Å². The maximum atomic E-state index is 14.7. The lowest BCUT2D eigenvalue weighted by Gasteiger charge is -2.24. The largest absolute Gasteiger partial charge is 0.443 e. The molecule has 2 aliphatic rings. The van der Waals surface area contributed by atoms with Gasteiger partial charge in [-0.25, -0.2) is 14.6 Å². The molecule has 1 aromatic carbocycles. The molecule has 3 N–H and O–H groups in total. The van der Waals surface area contributed by atoms with E-state index < -0.39 is 11.9 Å². The highest BCUT2D eigenvalue weighted by Crippen LogP contribution is 2.28. The standard InChI is InChI=1S/C16H21ClFN5O3/c17-8-15(24)23-6-5-21(4-3-20-23)14-2-1-11(7-13(14)18)22-10-12(9-19)26-16(22)25/h1-2,7,12,20H,3-6,8-10,19H2/t12-/m0/s1. The lowest BCUT2D eigenvalue weighted by Crippen LogP contribution is -2.44. The van der Waals surface area contributed by atoms with Gasteiger partial charge in [0.25, 0.3) is 5.91 Å². The quantitative estimate of drug-likeness (QED) is 0.733. The molecule has 3 rings (SSSR count). The van der Waals surface area contributed by atoms with Crippen molar-refractivity contribution in [2.75, 3.05) is 54.9 Å². The molecule has 10 heteroatoms. The molecule has 2 heterocycles. The normalized spacial score (nSPS) is 21.0. The van der Waals surface area contributed by atoms with E-state index in [1.807, 2.05) is 4.90 Å². The number of carbonyl (C=O) groups is 2. The van der Waals surface area contributed by atoms with Gasteiger partial charge in [-0.2, -0.15) is 0 Å². The van der Waals surface area contributed by atoms with Gasteiger partial charge in [-0.15, -0.1) is 11.6 Å². The van der Waals surface area contributed by atoms with Crippen LogP contribution in [0.25, 0.3) is 0 Å². The van der Waals surface area contributed by atoms with Gasteiger partial charge in [0, 0.05) is 26.2 Å². The van der Waals surface area contributed by atoms with Crippen LogP contribution in [-0.2, 0) is 9.53 Å². The topological polar surface area (TPSA) is 91.1 Å². The van der Waals surface area contributed by atoms with Crippen LogP contribution in [0.3, 0.4) is 0 Å². The summed E-state index contributed by atoms with van der Waals surface area (Å²) in [6, 6.07) is 4.63. The molecule has 1 atom stereocenters. The third-order valence-corrected chi connectivity index (χ3v) is 4.64. The van der Waals surface area contributed by atoms with Gasteiger partial charge in [0.2, 0.25) is 0 Å². The third-order valence-electron chi connectivity index (χ3n) is 4.41. The van der Waals surface area contributed by atoms with E-state index in [1.165, 1.54) is 16.0 Å². The van der Waals surface area contributed by atoms with Gasteiger partial charge in [-0.05, 0) is 18.2 Å². The third kappa shape index (κ3) is 3.84. The summed E-state index contributed by atoms with van der Waals surface area (Å²) >= 11 is 5.57. The zero-order valence-corrected chi connectivity index (χ0v) is 14.9. The van der Waals surface area contributed by atoms with Crippen molar-refractivity contribution < 1.29 is 18.7 Å². The Morgan fingerprint density at radius 3 is 2.85 bits per heavy atom. The molecule has 2 saturated heterocycles. The number of cyclic esters (lactones) is 1. The zero-order chi connectivity index (χ0) is 18.7. The molecule has 142 valence electrons. The molecule has 2 amide bonds. The van der Waals surface area contributed by atoms with Crippen molar-refractivity contribution in [3.05, 3.63) is 24.0 Å². The minimum Gasteiger partial charge on any atom is -0.443 e. The first-order valence-corrected chi connectivity index (χ1v) is 8.89. The zero-order valence-electron chi connectivity index (χ0n) is 14.2. The average molecular weight is 386 g/mol. The van der Waals surface area contributed by atoms with Crippen LogP contribution in [0.4, 0.5) is 20.6 Å². The highest BCUT2D eigenvalue weighted by atomic mass is 35.5. The van der Waals surface area contributed by atoms with Gasteiger partial charge in [0.05, 0.1) is 24.5 Å². The van der Waals surface area contributed by atoms with Gasteiger partial charge in [0.1, 0.15) is 17.8 Å². The number of nitrogens with one attached hydrogen (secondary N) is 1. The van der Waals surface area contributed by atoms with Crippen LogP contribution in [0.5, 0.6) is 0 Å². The minimum atomic E-state index is -0.526. The van der Waals surface area contributed by atoms with Gasteiger partial charge in [0.15, 0.2) is 0 Å². The summed E-state index contributed by atoms with van der Waals surface area (Å²) in [4.78, 5) is 26.8. The van der Waals surface area contributed by atoms with Crippen molar-refractivity contribution in [2.45, 2.75) is 6.10 Å². The number of hydrazine groups is 1. The Kier molecular flexibility index (Phi) is 5.80. The maximum absolute atomic E-state index is 14.7. The lowest BCUT2D eigenvalue weighted by atomic mass is 10.2. The molecular formula is C16H21ClFN5O3. The van der Waals surface area contributed by atoms with Crippen LogP contribution in [0, 0.1) is 5.82 Å². The van der Waals surface area contributed by atoms with Crippen molar-refractivity contribution in [1.29, 1.82) is 0 Å². The molecule has 0 unspecified atom stereocenters. The second-order valence-electron chi connectivity index (χ2n) is 6.06. The Balaban J connectivity index is 1.72. The minimum absolute atomic E-state index is 0.105. The Bertz CT molecular complexity index is 692. The first-order chi connectivity index (χ1) is 12.5. The molecule has 0 radical (unpaired) electrons. The summed E-state index contributed by atoms with van der Waals surface area (Å²) in [6.45, 7) is 2.40.